The van der Waals surface area contributed by atoms with Crippen molar-refractivity contribution in [2.45, 2.75) is 43.5 Å². The van der Waals surface area contributed by atoms with E-state index in [1.165, 1.54) is 0 Å². The molecule has 1 atom stereocenters. The summed E-state index contributed by atoms with van der Waals surface area (Å²) < 4.78 is 0. The molecule has 5 heteroatoms. The number of rotatable bonds is 5. The minimum Gasteiger partial charge on any atom is -0.479 e. The number of carboxylic acids is 1. The highest BCUT2D eigenvalue weighted by Crippen LogP contribution is 2.40. The van der Waals surface area contributed by atoms with E-state index < -0.39 is 11.5 Å². The van der Waals surface area contributed by atoms with Gasteiger partial charge in [0, 0.05) is 11.4 Å². The molecular weight excluding hydrogens is 284 g/mol. The Balaban J connectivity index is 2.53. The van der Waals surface area contributed by atoms with Gasteiger partial charge in [-0.15, -0.1) is 11.8 Å². The molecule has 1 saturated heterocycles. The summed E-state index contributed by atoms with van der Waals surface area (Å²) in [5.41, 5.74) is 0.490. The van der Waals surface area contributed by atoms with Crippen LogP contribution in [0.5, 0.6) is 0 Å². The highest BCUT2D eigenvalue weighted by atomic mass is 32.2. The lowest BCUT2D eigenvalue weighted by Crippen LogP contribution is -2.50. The Hall–Kier alpha value is -1.67. The first-order valence-electron chi connectivity index (χ1n) is 7.27. The van der Waals surface area contributed by atoms with Crippen LogP contribution in [0.15, 0.2) is 23.1 Å². The van der Waals surface area contributed by atoms with Crippen molar-refractivity contribution in [1.29, 1.82) is 5.26 Å². The number of nitriles is 1. The maximum absolute atomic E-state index is 11.8. The number of hydrogen-bond donors (Lipinski definition) is 1. The van der Waals surface area contributed by atoms with E-state index in [0.717, 1.165) is 22.8 Å². The molecule has 0 aromatic heterocycles. The first-order valence-corrected chi connectivity index (χ1v) is 8.26. The van der Waals surface area contributed by atoms with Crippen LogP contribution in [-0.4, -0.2) is 28.9 Å². The molecule has 112 valence electrons. The van der Waals surface area contributed by atoms with Crippen LogP contribution in [-0.2, 0) is 4.79 Å². The highest BCUT2D eigenvalue weighted by Gasteiger charge is 2.47. The molecule has 0 radical (unpaired) electrons. The maximum atomic E-state index is 11.8. The summed E-state index contributed by atoms with van der Waals surface area (Å²) in [6.45, 7) is 4.64. The number of nitrogens with zero attached hydrogens (tertiary/aromatic N) is 2. The van der Waals surface area contributed by atoms with Gasteiger partial charge >= 0.3 is 5.97 Å². The Bertz CT molecular complexity index is 582. The molecule has 1 heterocycles. The predicted molar refractivity (Wildman–Crippen MR) is 84.8 cm³/mol. The summed E-state index contributed by atoms with van der Waals surface area (Å²) in [5.74, 6) is 0.0932. The van der Waals surface area contributed by atoms with Crippen molar-refractivity contribution in [3.63, 3.8) is 0 Å². The Morgan fingerprint density at radius 3 is 2.86 bits per heavy atom. The Kier molecular flexibility index (Phi) is 4.79. The number of anilines is 1. The lowest BCUT2D eigenvalue weighted by molar-refractivity contribution is -0.143. The van der Waals surface area contributed by atoms with Crippen molar-refractivity contribution < 1.29 is 9.90 Å². The van der Waals surface area contributed by atoms with Crippen molar-refractivity contribution in [1.82, 2.24) is 0 Å². The van der Waals surface area contributed by atoms with E-state index in [9.17, 15) is 15.2 Å². The van der Waals surface area contributed by atoms with Gasteiger partial charge in [0.05, 0.1) is 11.3 Å². The zero-order chi connectivity index (χ0) is 15.5. The zero-order valence-electron chi connectivity index (χ0n) is 12.4. The molecule has 0 amide bonds. The van der Waals surface area contributed by atoms with E-state index in [0.29, 0.717) is 24.9 Å². The molecule has 1 N–H and O–H groups in total. The van der Waals surface area contributed by atoms with E-state index in [1.807, 2.05) is 36.9 Å². The summed E-state index contributed by atoms with van der Waals surface area (Å²) in [4.78, 5) is 14.7. The van der Waals surface area contributed by atoms with Crippen LogP contribution in [0.4, 0.5) is 5.69 Å². The fraction of sp³-hybridized carbons (Fsp3) is 0.500. The average molecular weight is 304 g/mol. The summed E-state index contributed by atoms with van der Waals surface area (Å²) in [6.07, 6.45) is 2.02. The number of carbonyl (C=O) groups is 1. The third-order valence-corrected chi connectivity index (χ3v) is 5.12. The van der Waals surface area contributed by atoms with Crippen LogP contribution < -0.4 is 4.90 Å². The van der Waals surface area contributed by atoms with Crippen LogP contribution in [0.25, 0.3) is 0 Å². The van der Waals surface area contributed by atoms with Crippen LogP contribution in [0.1, 0.15) is 38.7 Å². The average Bonchev–Trinajstić information content (AvgIpc) is 2.92. The van der Waals surface area contributed by atoms with Gasteiger partial charge < -0.3 is 10.0 Å². The van der Waals surface area contributed by atoms with Gasteiger partial charge in [-0.25, -0.2) is 4.79 Å². The van der Waals surface area contributed by atoms with Crippen LogP contribution in [0.2, 0.25) is 0 Å². The van der Waals surface area contributed by atoms with Gasteiger partial charge in [-0.05, 0) is 37.1 Å². The quantitative estimate of drug-likeness (QED) is 0.843. The van der Waals surface area contributed by atoms with Crippen molar-refractivity contribution in [2.24, 2.45) is 0 Å². The lowest BCUT2D eigenvalue weighted by Gasteiger charge is -2.36. The van der Waals surface area contributed by atoms with Crippen LogP contribution in [0.3, 0.4) is 0 Å². The Morgan fingerprint density at radius 2 is 2.29 bits per heavy atom. The Morgan fingerprint density at radius 1 is 1.52 bits per heavy atom. The molecule has 1 fully saturated rings. The molecule has 0 bridgehead atoms. The normalized spacial score (nSPS) is 21.3. The molecule has 4 nitrogen and oxygen atoms in total. The third-order valence-electron chi connectivity index (χ3n) is 4.18. The van der Waals surface area contributed by atoms with Crippen molar-refractivity contribution in [3.8, 4) is 6.07 Å². The van der Waals surface area contributed by atoms with Gasteiger partial charge in [0.25, 0.3) is 0 Å². The smallest absolute Gasteiger partial charge is 0.329 e. The van der Waals surface area contributed by atoms with Crippen molar-refractivity contribution in [3.05, 3.63) is 23.8 Å². The van der Waals surface area contributed by atoms with Crippen LogP contribution in [0, 0.1) is 11.3 Å². The van der Waals surface area contributed by atoms with Gasteiger partial charge in [0.15, 0.2) is 0 Å². The molecule has 2 rings (SSSR count). The largest absolute Gasteiger partial charge is 0.479 e. The molecular formula is C16H20N2O2S. The number of aliphatic carboxylic acids is 1. The van der Waals surface area contributed by atoms with Crippen molar-refractivity contribution >= 4 is 23.4 Å². The highest BCUT2D eigenvalue weighted by molar-refractivity contribution is 7.99. The minimum absolute atomic E-state index is 0.540. The van der Waals surface area contributed by atoms with Gasteiger partial charge in [-0.1, -0.05) is 19.9 Å². The number of carboxylic acid groups (broad SMARTS) is 1. The summed E-state index contributed by atoms with van der Waals surface area (Å²) >= 11 is 1.62. The second-order valence-corrected chi connectivity index (χ2v) is 6.45. The first kappa shape index (κ1) is 15.7. The Labute approximate surface area is 129 Å². The molecule has 1 aliphatic rings. The van der Waals surface area contributed by atoms with E-state index in [-0.39, 0.29) is 0 Å². The minimum atomic E-state index is -0.874. The predicted octanol–water partition coefficient (Wildman–Crippen LogP) is 3.50. The van der Waals surface area contributed by atoms with E-state index in [1.54, 1.807) is 11.8 Å². The first-order chi connectivity index (χ1) is 10.1. The standard InChI is InChI=1S/C16H20N2O2S/c1-3-16(15(19)20)9-6-10-18(16)13-7-5-8-14(21-4-2)12(13)11-17/h5,7-8H,3-4,6,9-10H2,1-2H3,(H,19,20). The molecule has 1 unspecified atom stereocenters. The molecule has 0 spiro atoms. The molecule has 0 aliphatic carbocycles. The fourth-order valence-electron chi connectivity index (χ4n) is 3.10. The topological polar surface area (TPSA) is 64.3 Å². The fourth-order valence-corrected chi connectivity index (χ4v) is 3.88. The summed E-state index contributed by atoms with van der Waals surface area (Å²) in [7, 11) is 0. The van der Waals surface area contributed by atoms with E-state index in [4.69, 9.17) is 0 Å². The van der Waals surface area contributed by atoms with Gasteiger partial charge in [-0.2, -0.15) is 5.26 Å². The SMILES string of the molecule is CCSc1cccc(N2CCCC2(CC)C(=O)O)c1C#N. The van der Waals surface area contributed by atoms with E-state index in [2.05, 4.69) is 6.07 Å². The van der Waals surface area contributed by atoms with Crippen LogP contribution >= 0.6 is 11.8 Å². The molecule has 21 heavy (non-hydrogen) atoms. The lowest BCUT2D eigenvalue weighted by atomic mass is 9.92. The second kappa shape index (κ2) is 6.40. The maximum Gasteiger partial charge on any atom is 0.329 e. The molecule has 1 aromatic carbocycles. The number of thioether (sulfide) groups is 1. The van der Waals surface area contributed by atoms with Gasteiger partial charge in [-0.3, -0.25) is 0 Å². The molecule has 0 saturated carbocycles. The number of benzene rings is 1. The van der Waals surface area contributed by atoms with Crippen molar-refractivity contribution in [2.75, 3.05) is 17.2 Å². The third kappa shape index (κ3) is 2.60. The van der Waals surface area contributed by atoms with E-state index >= 15 is 0 Å². The number of hydrogen-bond acceptors (Lipinski definition) is 4. The zero-order valence-corrected chi connectivity index (χ0v) is 13.2. The second-order valence-electron chi connectivity index (χ2n) is 5.14. The van der Waals surface area contributed by atoms with Gasteiger partial charge in [0.2, 0.25) is 0 Å². The monoisotopic (exact) mass is 304 g/mol. The summed E-state index contributed by atoms with van der Waals surface area (Å²) in [5, 5.41) is 19.2. The van der Waals surface area contributed by atoms with Gasteiger partial charge in [0.1, 0.15) is 11.6 Å². The molecule has 1 aromatic rings. The summed E-state index contributed by atoms with van der Waals surface area (Å²) in [6, 6.07) is 7.99. The molecule has 1 aliphatic heterocycles.